The predicted octanol–water partition coefficient (Wildman–Crippen LogP) is 4.23. The summed E-state index contributed by atoms with van der Waals surface area (Å²) in [7, 11) is 1.60. The van der Waals surface area contributed by atoms with Gasteiger partial charge in [0, 0.05) is 18.5 Å². The lowest BCUT2D eigenvalue weighted by Gasteiger charge is -2.19. The van der Waals surface area contributed by atoms with Crippen molar-refractivity contribution in [3.63, 3.8) is 0 Å². The summed E-state index contributed by atoms with van der Waals surface area (Å²) in [6.07, 6.45) is 0.307. The van der Waals surface area contributed by atoms with Gasteiger partial charge in [0.2, 0.25) is 17.6 Å². The molecule has 1 aromatic heterocycles. The molecule has 4 rings (SSSR count). The first-order valence-corrected chi connectivity index (χ1v) is 8.98. The van der Waals surface area contributed by atoms with Gasteiger partial charge >= 0.3 is 0 Å². The molecule has 1 amide bonds. The van der Waals surface area contributed by atoms with E-state index >= 15 is 0 Å². The van der Waals surface area contributed by atoms with E-state index < -0.39 is 0 Å². The number of carbonyl (C=O) groups excluding carboxylic acids is 1. The minimum atomic E-state index is -0.175. The molecule has 138 valence electrons. The zero-order chi connectivity index (χ0) is 19.0. The normalized spacial score (nSPS) is 16.8. The van der Waals surface area contributed by atoms with Gasteiger partial charge in [-0.15, -0.1) is 0 Å². The maximum Gasteiger partial charge on any atom is 0.232 e. The minimum Gasteiger partial charge on any atom is -0.495 e. The number of ether oxygens (including phenoxy) is 1. The second-order valence-corrected chi connectivity index (χ2v) is 6.92. The minimum absolute atomic E-state index is 0.00129. The van der Waals surface area contributed by atoms with Crippen molar-refractivity contribution in [3.05, 3.63) is 58.9 Å². The van der Waals surface area contributed by atoms with Gasteiger partial charge in [-0.2, -0.15) is 4.98 Å². The molecule has 0 radical (unpaired) electrons. The predicted molar refractivity (Wildman–Crippen MR) is 102 cm³/mol. The van der Waals surface area contributed by atoms with E-state index in [0.717, 1.165) is 11.3 Å². The van der Waals surface area contributed by atoms with Crippen molar-refractivity contribution in [1.29, 1.82) is 0 Å². The van der Waals surface area contributed by atoms with E-state index in [2.05, 4.69) is 10.1 Å². The number of halogens is 1. The van der Waals surface area contributed by atoms with Gasteiger partial charge in [-0.05, 0) is 36.8 Å². The monoisotopic (exact) mass is 383 g/mol. The van der Waals surface area contributed by atoms with Gasteiger partial charge < -0.3 is 14.2 Å². The van der Waals surface area contributed by atoms with Gasteiger partial charge in [0.15, 0.2) is 0 Å². The van der Waals surface area contributed by atoms with Gasteiger partial charge in [-0.25, -0.2) is 0 Å². The Labute approximate surface area is 161 Å². The number of methoxy groups -OCH3 is 1. The Hall–Kier alpha value is -2.86. The maximum absolute atomic E-state index is 12.6. The molecule has 2 heterocycles. The topological polar surface area (TPSA) is 68.5 Å². The Morgan fingerprint density at radius 2 is 2.07 bits per heavy atom. The van der Waals surface area contributed by atoms with Crippen LogP contribution in [0, 0.1) is 6.92 Å². The average Bonchev–Trinajstić information content (AvgIpc) is 3.29. The van der Waals surface area contributed by atoms with Crippen LogP contribution in [0.1, 0.15) is 23.8 Å². The summed E-state index contributed by atoms with van der Waals surface area (Å²) in [4.78, 5) is 18.8. The lowest BCUT2D eigenvalue weighted by Crippen LogP contribution is -2.25. The lowest BCUT2D eigenvalue weighted by atomic mass is 10.1. The fourth-order valence-corrected chi connectivity index (χ4v) is 3.49. The van der Waals surface area contributed by atoms with Gasteiger partial charge in [0.05, 0.1) is 23.7 Å². The SMILES string of the molecule is COc1ccc(C)cc1N1CC(c2nc(-c3ccccc3Cl)no2)CC1=O. The Morgan fingerprint density at radius 1 is 1.26 bits per heavy atom. The van der Waals surface area contributed by atoms with Gasteiger partial charge in [-0.3, -0.25) is 4.79 Å². The number of anilines is 1. The Balaban J connectivity index is 1.60. The highest BCUT2D eigenvalue weighted by atomic mass is 35.5. The summed E-state index contributed by atoms with van der Waals surface area (Å²) < 4.78 is 10.9. The number of carbonyl (C=O) groups is 1. The maximum atomic E-state index is 12.6. The number of nitrogens with zero attached hydrogens (tertiary/aromatic N) is 3. The Bertz CT molecular complexity index is 1000. The van der Waals surface area contributed by atoms with Gasteiger partial charge in [0.1, 0.15) is 5.75 Å². The second-order valence-electron chi connectivity index (χ2n) is 6.52. The molecule has 2 aromatic carbocycles. The van der Waals surface area contributed by atoms with Gasteiger partial charge in [-0.1, -0.05) is 35.0 Å². The van der Waals surface area contributed by atoms with E-state index in [4.69, 9.17) is 20.9 Å². The molecule has 1 atom stereocenters. The zero-order valence-electron chi connectivity index (χ0n) is 15.0. The van der Waals surface area contributed by atoms with E-state index in [1.54, 1.807) is 18.1 Å². The molecule has 0 N–H and O–H groups in total. The number of aromatic nitrogens is 2. The molecule has 1 aliphatic rings. The first-order valence-electron chi connectivity index (χ1n) is 8.60. The van der Waals surface area contributed by atoms with E-state index in [1.807, 2.05) is 43.3 Å². The van der Waals surface area contributed by atoms with Crippen molar-refractivity contribution >= 4 is 23.2 Å². The van der Waals surface area contributed by atoms with Crippen LogP contribution in [0.3, 0.4) is 0 Å². The molecular weight excluding hydrogens is 366 g/mol. The highest BCUT2D eigenvalue weighted by molar-refractivity contribution is 6.33. The lowest BCUT2D eigenvalue weighted by molar-refractivity contribution is -0.117. The smallest absolute Gasteiger partial charge is 0.232 e. The number of hydrogen-bond donors (Lipinski definition) is 0. The van der Waals surface area contributed by atoms with Crippen LogP contribution in [0.2, 0.25) is 5.02 Å². The first kappa shape index (κ1) is 17.5. The fraction of sp³-hybridized carbons (Fsp3) is 0.250. The molecular formula is C20H18ClN3O3. The van der Waals surface area contributed by atoms with Crippen LogP contribution < -0.4 is 9.64 Å². The third-order valence-electron chi connectivity index (χ3n) is 4.66. The fourth-order valence-electron chi connectivity index (χ4n) is 3.27. The summed E-state index contributed by atoms with van der Waals surface area (Å²) in [6, 6.07) is 13.1. The molecule has 0 spiro atoms. The molecule has 1 unspecified atom stereocenters. The number of rotatable bonds is 4. The molecule has 1 fully saturated rings. The summed E-state index contributed by atoms with van der Waals surface area (Å²) in [5.41, 5.74) is 2.52. The van der Waals surface area contributed by atoms with Crippen LogP contribution in [-0.2, 0) is 4.79 Å². The van der Waals surface area contributed by atoms with Crippen LogP contribution in [0.25, 0.3) is 11.4 Å². The van der Waals surface area contributed by atoms with Crippen molar-refractivity contribution in [3.8, 4) is 17.1 Å². The number of benzene rings is 2. The molecule has 0 saturated carbocycles. The van der Waals surface area contributed by atoms with Crippen LogP contribution >= 0.6 is 11.6 Å². The summed E-state index contributed by atoms with van der Waals surface area (Å²) >= 11 is 6.20. The van der Waals surface area contributed by atoms with Crippen molar-refractivity contribution in [2.75, 3.05) is 18.6 Å². The second kappa shape index (κ2) is 7.04. The molecule has 27 heavy (non-hydrogen) atoms. The molecule has 0 bridgehead atoms. The summed E-state index contributed by atoms with van der Waals surface area (Å²) in [6.45, 7) is 2.44. The molecule has 1 saturated heterocycles. The van der Waals surface area contributed by atoms with Crippen molar-refractivity contribution in [2.24, 2.45) is 0 Å². The first-order chi connectivity index (χ1) is 13.1. The number of aryl methyl sites for hydroxylation is 1. The van der Waals surface area contributed by atoms with Crippen molar-refractivity contribution in [1.82, 2.24) is 10.1 Å². The van der Waals surface area contributed by atoms with E-state index in [9.17, 15) is 4.79 Å². The summed E-state index contributed by atoms with van der Waals surface area (Å²) in [5.74, 6) is 1.35. The number of amides is 1. The third kappa shape index (κ3) is 3.28. The molecule has 7 heteroatoms. The third-order valence-corrected chi connectivity index (χ3v) is 4.99. The molecule has 1 aliphatic heterocycles. The van der Waals surface area contributed by atoms with E-state index in [1.165, 1.54) is 0 Å². The molecule has 6 nitrogen and oxygen atoms in total. The van der Waals surface area contributed by atoms with Crippen LogP contribution in [0.15, 0.2) is 47.0 Å². The van der Waals surface area contributed by atoms with Crippen molar-refractivity contribution in [2.45, 2.75) is 19.3 Å². The molecule has 0 aliphatic carbocycles. The Morgan fingerprint density at radius 3 is 2.85 bits per heavy atom. The zero-order valence-corrected chi connectivity index (χ0v) is 15.7. The summed E-state index contributed by atoms with van der Waals surface area (Å²) in [5, 5.41) is 4.59. The van der Waals surface area contributed by atoms with Crippen LogP contribution in [-0.4, -0.2) is 29.7 Å². The highest BCUT2D eigenvalue weighted by Gasteiger charge is 2.36. The van der Waals surface area contributed by atoms with E-state index in [0.29, 0.717) is 41.0 Å². The van der Waals surface area contributed by atoms with E-state index in [-0.39, 0.29) is 11.8 Å². The van der Waals surface area contributed by atoms with Crippen LogP contribution in [0.5, 0.6) is 5.75 Å². The highest BCUT2D eigenvalue weighted by Crippen LogP contribution is 2.37. The van der Waals surface area contributed by atoms with Crippen molar-refractivity contribution < 1.29 is 14.1 Å². The average molecular weight is 384 g/mol. The van der Waals surface area contributed by atoms with Crippen LogP contribution in [0.4, 0.5) is 5.69 Å². The quantitative estimate of drug-likeness (QED) is 0.674. The number of hydrogen-bond acceptors (Lipinski definition) is 5. The van der Waals surface area contributed by atoms with Gasteiger partial charge in [0.25, 0.3) is 0 Å². The molecule has 3 aromatic rings. The Kier molecular flexibility index (Phi) is 4.58. The standard InChI is InChI=1S/C20H18ClN3O3/c1-12-7-8-17(26-2)16(9-12)24-11-13(10-18(24)25)20-22-19(23-27-20)14-5-3-4-6-15(14)21/h3-9,13H,10-11H2,1-2H3. The largest absolute Gasteiger partial charge is 0.495 e.